The van der Waals surface area contributed by atoms with Gasteiger partial charge in [-0.05, 0) is 66.7 Å². The minimum atomic E-state index is 0.424. The van der Waals surface area contributed by atoms with E-state index in [2.05, 4.69) is 20.4 Å². The molecule has 0 atom stereocenters. The normalized spacial score (nSPS) is 10.9. The third kappa shape index (κ3) is 4.25. The van der Waals surface area contributed by atoms with Crippen LogP contribution in [0.15, 0.2) is 81.6 Å². The van der Waals surface area contributed by atoms with E-state index in [0.717, 1.165) is 33.6 Å². The molecule has 0 unspecified atom stereocenters. The van der Waals surface area contributed by atoms with Crippen molar-refractivity contribution in [1.82, 2.24) is 20.4 Å². The van der Waals surface area contributed by atoms with Gasteiger partial charge in [0.2, 0.25) is 23.6 Å². The lowest BCUT2D eigenvalue weighted by atomic mass is 10.1. The molecule has 8 nitrogen and oxygen atoms in total. The summed E-state index contributed by atoms with van der Waals surface area (Å²) in [6.07, 6.45) is 0. The Kier molecular flexibility index (Phi) is 5.55. The summed E-state index contributed by atoms with van der Waals surface area (Å²) >= 11 is 0. The van der Waals surface area contributed by atoms with E-state index in [9.17, 15) is 0 Å². The van der Waals surface area contributed by atoms with Crippen molar-refractivity contribution in [2.45, 2.75) is 0 Å². The van der Waals surface area contributed by atoms with Crippen LogP contribution < -0.4 is 9.80 Å². The first kappa shape index (κ1) is 21.4. The molecule has 5 rings (SSSR count). The van der Waals surface area contributed by atoms with Crippen LogP contribution >= 0.6 is 0 Å². The Hall–Kier alpha value is -4.46. The molecule has 0 spiro atoms. The van der Waals surface area contributed by atoms with Gasteiger partial charge in [-0.15, -0.1) is 20.4 Å². The molecule has 0 amide bonds. The maximum absolute atomic E-state index is 5.95. The van der Waals surface area contributed by atoms with Crippen molar-refractivity contribution in [2.75, 3.05) is 38.0 Å². The van der Waals surface area contributed by atoms with Crippen LogP contribution in [0.5, 0.6) is 0 Å². The summed E-state index contributed by atoms with van der Waals surface area (Å²) in [4.78, 5) is 4.08. The van der Waals surface area contributed by atoms with Gasteiger partial charge < -0.3 is 18.6 Å². The summed E-state index contributed by atoms with van der Waals surface area (Å²) in [5, 5.41) is 16.9. The third-order valence-electron chi connectivity index (χ3n) is 5.47. The fraction of sp³-hybridized carbons (Fsp3) is 0.154. The Morgan fingerprint density at radius 3 is 1.18 bits per heavy atom. The summed E-state index contributed by atoms with van der Waals surface area (Å²) in [6.45, 7) is 0. The van der Waals surface area contributed by atoms with Crippen LogP contribution in [0.25, 0.3) is 45.8 Å². The highest BCUT2D eigenvalue weighted by Gasteiger charge is 2.15. The molecule has 5 aromatic rings. The largest absolute Gasteiger partial charge is 0.416 e. The number of nitrogens with zero attached hydrogens (tertiary/aromatic N) is 6. The quantitative estimate of drug-likeness (QED) is 0.345. The second-order valence-electron chi connectivity index (χ2n) is 8.29. The van der Waals surface area contributed by atoms with Crippen molar-refractivity contribution in [3.05, 3.63) is 72.8 Å². The highest BCUT2D eigenvalue weighted by Crippen LogP contribution is 2.30. The minimum Gasteiger partial charge on any atom is -0.416 e. The van der Waals surface area contributed by atoms with Crippen molar-refractivity contribution in [2.24, 2.45) is 0 Å². The molecule has 0 aliphatic carbocycles. The predicted molar refractivity (Wildman–Crippen MR) is 133 cm³/mol. The number of hydrogen-bond acceptors (Lipinski definition) is 8. The zero-order valence-corrected chi connectivity index (χ0v) is 19.4. The van der Waals surface area contributed by atoms with Crippen LogP contribution in [0, 0.1) is 0 Å². The van der Waals surface area contributed by atoms with E-state index in [1.807, 2.05) is 111 Å². The number of rotatable bonds is 6. The highest BCUT2D eigenvalue weighted by atomic mass is 16.4. The maximum atomic E-state index is 5.95. The molecular weight excluding hydrogens is 428 g/mol. The standard InChI is InChI=1S/C26H24N6O2/c1-31(2)21-12-8-17(9-13-21)23-27-29-25(33-23)19-6-5-7-20(16-19)26-30-28-24(34-26)18-10-14-22(15-11-18)32(3)4/h5-16H,1-4H3. The summed E-state index contributed by atoms with van der Waals surface area (Å²) in [5.74, 6) is 1.78. The fourth-order valence-corrected chi connectivity index (χ4v) is 3.50. The SMILES string of the molecule is CN(C)c1ccc(-c2nnc(-c3cccc(-c4nnc(-c5ccc(N(C)C)cc5)o4)c3)o2)cc1. The third-order valence-corrected chi connectivity index (χ3v) is 5.47. The molecule has 0 bridgehead atoms. The second-order valence-corrected chi connectivity index (χ2v) is 8.29. The van der Waals surface area contributed by atoms with E-state index < -0.39 is 0 Å². The fourth-order valence-electron chi connectivity index (χ4n) is 3.50. The zero-order chi connectivity index (χ0) is 23.7. The van der Waals surface area contributed by atoms with Crippen LogP contribution in [0.4, 0.5) is 11.4 Å². The Bertz CT molecular complexity index is 1300. The van der Waals surface area contributed by atoms with E-state index in [4.69, 9.17) is 8.83 Å². The van der Waals surface area contributed by atoms with Crippen molar-refractivity contribution in [1.29, 1.82) is 0 Å². The van der Waals surface area contributed by atoms with Crippen molar-refractivity contribution >= 4 is 11.4 Å². The van der Waals surface area contributed by atoms with Gasteiger partial charge in [0, 0.05) is 61.8 Å². The summed E-state index contributed by atoms with van der Waals surface area (Å²) in [6, 6.07) is 23.5. The van der Waals surface area contributed by atoms with Crippen LogP contribution in [0.3, 0.4) is 0 Å². The van der Waals surface area contributed by atoms with Crippen LogP contribution in [-0.2, 0) is 0 Å². The average molecular weight is 453 g/mol. The van der Waals surface area contributed by atoms with Crippen molar-refractivity contribution < 1.29 is 8.83 Å². The Morgan fingerprint density at radius 2 is 0.824 bits per heavy atom. The molecule has 0 N–H and O–H groups in total. The monoisotopic (exact) mass is 452 g/mol. The lowest BCUT2D eigenvalue weighted by Gasteiger charge is -2.11. The molecule has 2 aromatic heterocycles. The second kappa shape index (κ2) is 8.82. The molecule has 0 fully saturated rings. The lowest BCUT2D eigenvalue weighted by Crippen LogP contribution is -2.07. The van der Waals surface area contributed by atoms with Gasteiger partial charge in [-0.2, -0.15) is 0 Å². The molecule has 8 heteroatoms. The van der Waals surface area contributed by atoms with Gasteiger partial charge in [-0.25, -0.2) is 0 Å². The van der Waals surface area contributed by atoms with Gasteiger partial charge >= 0.3 is 0 Å². The molecule has 0 radical (unpaired) electrons. The van der Waals surface area contributed by atoms with E-state index >= 15 is 0 Å². The number of hydrogen-bond donors (Lipinski definition) is 0. The molecular formula is C26H24N6O2. The van der Waals surface area contributed by atoms with Gasteiger partial charge in [0.1, 0.15) is 0 Å². The Morgan fingerprint density at radius 1 is 0.471 bits per heavy atom. The smallest absolute Gasteiger partial charge is 0.248 e. The molecule has 0 saturated carbocycles. The molecule has 3 aromatic carbocycles. The highest BCUT2D eigenvalue weighted by molar-refractivity contribution is 5.67. The number of anilines is 2. The van der Waals surface area contributed by atoms with E-state index in [1.165, 1.54) is 0 Å². The number of benzene rings is 3. The van der Waals surface area contributed by atoms with Gasteiger partial charge in [0.25, 0.3) is 0 Å². The zero-order valence-electron chi connectivity index (χ0n) is 19.4. The topological polar surface area (TPSA) is 84.3 Å². The van der Waals surface area contributed by atoms with Crippen molar-refractivity contribution in [3.8, 4) is 45.8 Å². The first-order chi connectivity index (χ1) is 16.5. The summed E-state index contributed by atoms with van der Waals surface area (Å²) in [7, 11) is 8.00. The molecule has 170 valence electrons. The van der Waals surface area contributed by atoms with E-state index in [-0.39, 0.29) is 0 Å². The predicted octanol–water partition coefficient (Wildman–Crippen LogP) is 5.25. The number of aromatic nitrogens is 4. The van der Waals surface area contributed by atoms with Gasteiger partial charge in [0.05, 0.1) is 0 Å². The van der Waals surface area contributed by atoms with Crippen LogP contribution in [-0.4, -0.2) is 48.6 Å². The molecule has 34 heavy (non-hydrogen) atoms. The van der Waals surface area contributed by atoms with Gasteiger partial charge in [-0.3, -0.25) is 0 Å². The average Bonchev–Trinajstić information content (AvgIpc) is 3.55. The van der Waals surface area contributed by atoms with Crippen molar-refractivity contribution in [3.63, 3.8) is 0 Å². The van der Waals surface area contributed by atoms with Gasteiger partial charge in [0.15, 0.2) is 0 Å². The summed E-state index contributed by atoms with van der Waals surface area (Å²) in [5.41, 5.74) is 5.48. The van der Waals surface area contributed by atoms with Gasteiger partial charge in [-0.1, -0.05) is 6.07 Å². The molecule has 0 aliphatic heterocycles. The molecule has 0 aliphatic rings. The lowest BCUT2D eigenvalue weighted by molar-refractivity contribution is 0.582. The van der Waals surface area contributed by atoms with Crippen LogP contribution in [0.1, 0.15) is 0 Å². The Balaban J connectivity index is 1.38. The maximum Gasteiger partial charge on any atom is 0.248 e. The molecule has 0 saturated heterocycles. The first-order valence-corrected chi connectivity index (χ1v) is 10.8. The van der Waals surface area contributed by atoms with E-state index in [1.54, 1.807) is 0 Å². The van der Waals surface area contributed by atoms with E-state index in [0.29, 0.717) is 23.6 Å². The summed E-state index contributed by atoms with van der Waals surface area (Å²) < 4.78 is 11.9. The minimum absolute atomic E-state index is 0.424. The molecule has 2 heterocycles. The first-order valence-electron chi connectivity index (χ1n) is 10.8. The Labute approximate surface area is 197 Å². The van der Waals surface area contributed by atoms with Crippen LogP contribution in [0.2, 0.25) is 0 Å².